The first kappa shape index (κ1) is 22.7. The molecule has 1 saturated heterocycles. The van der Waals surface area contributed by atoms with E-state index in [0.717, 1.165) is 24.9 Å². The van der Waals surface area contributed by atoms with Gasteiger partial charge in [-0.2, -0.15) is 5.10 Å². The van der Waals surface area contributed by atoms with Crippen molar-refractivity contribution < 1.29 is 9.59 Å². The third-order valence-electron chi connectivity index (χ3n) is 6.59. The van der Waals surface area contributed by atoms with Gasteiger partial charge in [-0.1, -0.05) is 67.6 Å². The lowest BCUT2D eigenvalue weighted by Gasteiger charge is -2.43. The molecule has 2 amide bonds. The fraction of sp³-hybridized carbons (Fsp3) is 0.385. The zero-order valence-electron chi connectivity index (χ0n) is 19.1. The topological polar surface area (TPSA) is 80.1 Å². The van der Waals surface area contributed by atoms with E-state index in [9.17, 15) is 9.59 Å². The van der Waals surface area contributed by atoms with Crippen molar-refractivity contribution in [2.45, 2.75) is 50.6 Å². The lowest BCUT2D eigenvalue weighted by molar-refractivity contribution is -0.137. The molecule has 33 heavy (non-hydrogen) atoms. The molecular formula is C26H31N5O2. The largest absolute Gasteiger partial charge is 0.344 e. The Morgan fingerprint density at radius 3 is 2.30 bits per heavy atom. The molecule has 0 radical (unpaired) electrons. The smallest absolute Gasteiger partial charge is 0.245 e. The van der Waals surface area contributed by atoms with Crippen molar-refractivity contribution in [3.05, 3.63) is 84.4 Å². The third-order valence-corrected chi connectivity index (χ3v) is 6.59. The highest BCUT2D eigenvalue weighted by molar-refractivity contribution is 5.88. The molecule has 1 aliphatic heterocycles. The van der Waals surface area contributed by atoms with Crippen LogP contribution >= 0.6 is 0 Å². The number of benzene rings is 2. The van der Waals surface area contributed by atoms with Crippen LogP contribution in [0.5, 0.6) is 0 Å². The minimum Gasteiger partial charge on any atom is -0.344 e. The van der Waals surface area contributed by atoms with Gasteiger partial charge in [0.2, 0.25) is 11.8 Å². The fourth-order valence-corrected chi connectivity index (χ4v) is 4.68. The first-order valence-corrected chi connectivity index (χ1v) is 11.6. The number of carbonyl (C=O) groups is 2. The van der Waals surface area contributed by atoms with Crippen LogP contribution in [-0.2, 0) is 28.0 Å². The van der Waals surface area contributed by atoms with Gasteiger partial charge in [0.25, 0.3) is 0 Å². The van der Waals surface area contributed by atoms with Crippen LogP contribution in [0.15, 0.2) is 73.3 Å². The van der Waals surface area contributed by atoms with Crippen LogP contribution in [-0.4, -0.2) is 50.6 Å². The highest BCUT2D eigenvalue weighted by Crippen LogP contribution is 2.37. The molecule has 7 nitrogen and oxygen atoms in total. The summed E-state index contributed by atoms with van der Waals surface area (Å²) in [4.78, 5) is 31.7. The molecule has 0 bridgehead atoms. The number of amides is 2. The summed E-state index contributed by atoms with van der Waals surface area (Å²) in [6.45, 7) is 3.79. The Hall–Kier alpha value is -3.48. The van der Waals surface area contributed by atoms with Crippen molar-refractivity contribution in [1.82, 2.24) is 25.0 Å². The van der Waals surface area contributed by atoms with E-state index in [1.807, 2.05) is 46.0 Å². The maximum absolute atomic E-state index is 13.5. The highest BCUT2D eigenvalue weighted by atomic mass is 16.2. The van der Waals surface area contributed by atoms with E-state index in [4.69, 9.17) is 0 Å². The summed E-state index contributed by atoms with van der Waals surface area (Å²) in [6.07, 6.45) is 5.80. The van der Waals surface area contributed by atoms with Crippen molar-refractivity contribution in [3.63, 3.8) is 0 Å². The Kier molecular flexibility index (Phi) is 7.17. The molecule has 0 unspecified atom stereocenters. The molecule has 1 atom stereocenters. The van der Waals surface area contributed by atoms with Gasteiger partial charge in [-0.3, -0.25) is 14.3 Å². The van der Waals surface area contributed by atoms with Crippen LogP contribution in [0, 0.1) is 0 Å². The van der Waals surface area contributed by atoms with Crippen LogP contribution in [0.3, 0.4) is 0 Å². The van der Waals surface area contributed by atoms with Gasteiger partial charge in [0, 0.05) is 31.3 Å². The zero-order chi connectivity index (χ0) is 23.1. The molecule has 0 aliphatic carbocycles. The summed E-state index contributed by atoms with van der Waals surface area (Å²) in [5.74, 6) is -0.117. The predicted molar refractivity (Wildman–Crippen MR) is 126 cm³/mol. The average Bonchev–Trinajstić information content (AvgIpc) is 3.37. The molecule has 1 aromatic heterocycles. The maximum Gasteiger partial charge on any atom is 0.245 e. The number of aromatic nitrogens is 3. The van der Waals surface area contributed by atoms with E-state index in [0.29, 0.717) is 25.9 Å². The van der Waals surface area contributed by atoms with Crippen molar-refractivity contribution >= 4 is 11.8 Å². The number of nitrogens with one attached hydrogen (secondary N) is 1. The summed E-state index contributed by atoms with van der Waals surface area (Å²) >= 11 is 0. The van der Waals surface area contributed by atoms with Crippen molar-refractivity contribution in [2.75, 3.05) is 13.1 Å². The number of nitrogens with zero attached hydrogens (tertiary/aromatic N) is 4. The molecule has 3 aromatic rings. The van der Waals surface area contributed by atoms with Crippen LogP contribution in [0.4, 0.5) is 0 Å². The van der Waals surface area contributed by atoms with Gasteiger partial charge in [0.05, 0.1) is 6.54 Å². The predicted octanol–water partition coefficient (Wildman–Crippen LogP) is 2.98. The van der Waals surface area contributed by atoms with Crippen LogP contribution in [0.1, 0.15) is 37.3 Å². The van der Waals surface area contributed by atoms with Gasteiger partial charge < -0.3 is 10.2 Å². The number of carbonyl (C=O) groups excluding carboxylic acids is 2. The number of likely N-dealkylation sites (tertiary alicyclic amines) is 1. The van der Waals surface area contributed by atoms with Gasteiger partial charge in [0.1, 0.15) is 18.7 Å². The Morgan fingerprint density at radius 2 is 1.70 bits per heavy atom. The molecule has 0 saturated carbocycles. The summed E-state index contributed by atoms with van der Waals surface area (Å²) in [5.41, 5.74) is 2.18. The Balaban J connectivity index is 1.50. The molecule has 4 rings (SSSR count). The minimum absolute atomic E-state index is 0.0110. The number of hydrogen-bond donors (Lipinski definition) is 1. The highest BCUT2D eigenvalue weighted by Gasteiger charge is 2.39. The van der Waals surface area contributed by atoms with E-state index in [1.54, 1.807) is 19.6 Å². The molecule has 2 aromatic carbocycles. The van der Waals surface area contributed by atoms with Crippen LogP contribution < -0.4 is 5.32 Å². The SMILES string of the molecule is CCC(=O)N[C@@H](Cc1ccccc1)C(=O)N1CCC(Cn2cncn2)(c2ccccc2)CC1. The number of hydrogen-bond acceptors (Lipinski definition) is 4. The molecule has 7 heteroatoms. The number of rotatable bonds is 8. The van der Waals surface area contributed by atoms with Crippen molar-refractivity contribution in [1.29, 1.82) is 0 Å². The summed E-state index contributed by atoms with van der Waals surface area (Å²) in [5, 5.41) is 7.28. The van der Waals surface area contributed by atoms with Crippen LogP contribution in [0.2, 0.25) is 0 Å². The van der Waals surface area contributed by atoms with Crippen molar-refractivity contribution in [2.24, 2.45) is 0 Å². The average molecular weight is 446 g/mol. The van der Waals surface area contributed by atoms with Gasteiger partial charge in [-0.05, 0) is 24.0 Å². The lowest BCUT2D eigenvalue weighted by Crippen LogP contribution is -2.54. The first-order chi connectivity index (χ1) is 16.1. The lowest BCUT2D eigenvalue weighted by atomic mass is 9.72. The Morgan fingerprint density at radius 1 is 1.03 bits per heavy atom. The van der Waals surface area contributed by atoms with Crippen molar-refractivity contribution in [3.8, 4) is 0 Å². The summed E-state index contributed by atoms with van der Waals surface area (Å²) in [6, 6.07) is 19.8. The molecule has 2 heterocycles. The minimum atomic E-state index is -0.556. The normalized spacial score (nSPS) is 16.2. The van der Waals surface area contributed by atoms with Gasteiger partial charge in [-0.25, -0.2) is 4.98 Å². The molecule has 172 valence electrons. The van der Waals surface area contributed by atoms with Gasteiger partial charge in [0.15, 0.2) is 0 Å². The fourth-order valence-electron chi connectivity index (χ4n) is 4.68. The summed E-state index contributed by atoms with van der Waals surface area (Å²) in [7, 11) is 0. The Bertz CT molecular complexity index is 1030. The first-order valence-electron chi connectivity index (χ1n) is 11.6. The van der Waals surface area contributed by atoms with E-state index in [1.165, 1.54) is 5.56 Å². The van der Waals surface area contributed by atoms with Gasteiger partial charge >= 0.3 is 0 Å². The standard InChI is InChI=1S/C26H31N5O2/c1-2-24(32)29-23(17-21-9-5-3-6-10-21)25(33)30-15-13-26(14-16-30,18-31-20-27-19-28-31)22-11-7-4-8-12-22/h3-12,19-20,23H,2,13-18H2,1H3,(H,29,32)/t23-/m0/s1. The van der Waals surface area contributed by atoms with E-state index in [-0.39, 0.29) is 17.2 Å². The molecular weight excluding hydrogens is 414 g/mol. The second kappa shape index (κ2) is 10.4. The molecule has 1 fully saturated rings. The molecule has 1 N–H and O–H groups in total. The quantitative estimate of drug-likeness (QED) is 0.578. The van der Waals surface area contributed by atoms with Gasteiger partial charge in [-0.15, -0.1) is 0 Å². The van der Waals surface area contributed by atoms with E-state index in [2.05, 4.69) is 39.7 Å². The van der Waals surface area contributed by atoms with E-state index >= 15 is 0 Å². The van der Waals surface area contributed by atoms with E-state index < -0.39 is 6.04 Å². The zero-order valence-corrected chi connectivity index (χ0v) is 19.1. The molecule has 1 aliphatic rings. The van der Waals surface area contributed by atoms with Crippen LogP contribution in [0.25, 0.3) is 0 Å². The second-order valence-corrected chi connectivity index (χ2v) is 8.73. The monoisotopic (exact) mass is 445 g/mol. The summed E-state index contributed by atoms with van der Waals surface area (Å²) < 4.78 is 1.88. The second-order valence-electron chi connectivity index (χ2n) is 8.73. The number of piperidine rings is 1. The third kappa shape index (κ3) is 5.48. The molecule has 0 spiro atoms. The maximum atomic E-state index is 13.5. The Labute approximate surface area is 194 Å².